The van der Waals surface area contributed by atoms with Gasteiger partial charge in [0.05, 0.1) is 11.1 Å². The van der Waals surface area contributed by atoms with Crippen LogP contribution in [0.2, 0.25) is 0 Å². The van der Waals surface area contributed by atoms with Gasteiger partial charge in [0, 0.05) is 26.4 Å². The number of carbonyl (C=O) groups is 2. The van der Waals surface area contributed by atoms with Gasteiger partial charge in [0.25, 0.3) is 5.91 Å². The van der Waals surface area contributed by atoms with Crippen molar-refractivity contribution >= 4 is 11.7 Å². The summed E-state index contributed by atoms with van der Waals surface area (Å²) in [6.45, 7) is -2.61. The van der Waals surface area contributed by atoms with E-state index in [-0.39, 0.29) is 29.5 Å². The predicted octanol–water partition coefficient (Wildman–Crippen LogP) is 3.67. The van der Waals surface area contributed by atoms with E-state index in [4.69, 9.17) is 4.42 Å². The zero-order valence-electron chi connectivity index (χ0n) is 13.6. The number of ketones is 1. The van der Waals surface area contributed by atoms with Crippen LogP contribution in [0.4, 0.5) is 8.78 Å². The quantitative estimate of drug-likeness (QED) is 0.826. The molecule has 25 heavy (non-hydrogen) atoms. The molecule has 1 aromatic carbocycles. The van der Waals surface area contributed by atoms with Crippen LogP contribution in [0.3, 0.4) is 0 Å². The lowest BCUT2D eigenvalue weighted by molar-refractivity contribution is -0.0498. The standard InChI is InChI=1S/C18H17F2NO4/c1-21(9-11-5-7-12(8-6-11)25-18(19)20)17(23)13-10-24-15-4-2-3-14(22)16(13)15/h5-8,10,18H,2-4,9H2,1H3. The molecule has 1 amide bonds. The Morgan fingerprint density at radius 1 is 1.28 bits per heavy atom. The number of Topliss-reactive ketones (excluding diaryl/α,β-unsaturated/α-hetero) is 1. The molecule has 132 valence electrons. The number of alkyl halides is 2. The van der Waals surface area contributed by atoms with Gasteiger partial charge in [-0.15, -0.1) is 0 Å². The third kappa shape index (κ3) is 3.70. The van der Waals surface area contributed by atoms with Crippen LogP contribution in [-0.2, 0) is 13.0 Å². The maximum atomic E-state index is 12.6. The van der Waals surface area contributed by atoms with Gasteiger partial charge in [-0.3, -0.25) is 9.59 Å². The van der Waals surface area contributed by atoms with Crippen LogP contribution < -0.4 is 4.74 Å². The maximum Gasteiger partial charge on any atom is 0.387 e. The Morgan fingerprint density at radius 3 is 2.68 bits per heavy atom. The van der Waals surface area contributed by atoms with Crippen molar-refractivity contribution in [1.82, 2.24) is 4.90 Å². The Bertz CT molecular complexity index is 783. The van der Waals surface area contributed by atoms with Gasteiger partial charge in [0.15, 0.2) is 5.78 Å². The number of hydrogen-bond acceptors (Lipinski definition) is 4. The highest BCUT2D eigenvalue weighted by molar-refractivity contribution is 6.09. The highest BCUT2D eigenvalue weighted by Crippen LogP contribution is 2.27. The molecule has 0 saturated carbocycles. The van der Waals surface area contributed by atoms with Crippen molar-refractivity contribution in [3.8, 4) is 5.75 Å². The third-order valence-electron chi connectivity index (χ3n) is 4.10. The molecule has 1 aromatic heterocycles. The normalized spacial score (nSPS) is 13.7. The van der Waals surface area contributed by atoms with Crippen LogP contribution in [0.25, 0.3) is 0 Å². The molecular weight excluding hydrogens is 332 g/mol. The molecule has 0 saturated heterocycles. The number of aryl methyl sites for hydroxylation is 1. The first-order valence-electron chi connectivity index (χ1n) is 7.88. The van der Waals surface area contributed by atoms with Crippen LogP contribution in [0.1, 0.15) is 44.9 Å². The minimum Gasteiger partial charge on any atom is -0.468 e. The monoisotopic (exact) mass is 349 g/mol. The van der Waals surface area contributed by atoms with Crippen molar-refractivity contribution in [3.05, 3.63) is 53.0 Å². The van der Waals surface area contributed by atoms with E-state index in [2.05, 4.69) is 4.74 Å². The summed E-state index contributed by atoms with van der Waals surface area (Å²) in [6.07, 6.45) is 3.15. The summed E-state index contributed by atoms with van der Waals surface area (Å²) in [5.74, 6) is 0.247. The average molecular weight is 349 g/mol. The summed E-state index contributed by atoms with van der Waals surface area (Å²) in [5.41, 5.74) is 1.42. The molecule has 0 atom stereocenters. The van der Waals surface area contributed by atoms with Crippen molar-refractivity contribution < 1.29 is 27.5 Å². The second-order valence-electron chi connectivity index (χ2n) is 5.91. The molecular formula is C18H17F2NO4. The lowest BCUT2D eigenvalue weighted by atomic mass is 9.94. The molecule has 0 spiro atoms. The maximum absolute atomic E-state index is 12.6. The van der Waals surface area contributed by atoms with Gasteiger partial charge in [0.1, 0.15) is 17.8 Å². The Labute approximate surface area is 143 Å². The van der Waals surface area contributed by atoms with Crippen LogP contribution in [0.15, 0.2) is 34.9 Å². The Kier molecular flexibility index (Phi) is 4.83. The van der Waals surface area contributed by atoms with Crippen LogP contribution in [-0.4, -0.2) is 30.2 Å². The van der Waals surface area contributed by atoms with Gasteiger partial charge >= 0.3 is 6.61 Å². The summed E-state index contributed by atoms with van der Waals surface area (Å²) in [7, 11) is 1.61. The van der Waals surface area contributed by atoms with Gasteiger partial charge in [-0.25, -0.2) is 0 Å². The van der Waals surface area contributed by atoms with Crippen molar-refractivity contribution in [3.63, 3.8) is 0 Å². The zero-order valence-corrected chi connectivity index (χ0v) is 13.6. The highest BCUT2D eigenvalue weighted by Gasteiger charge is 2.29. The predicted molar refractivity (Wildman–Crippen MR) is 84.8 cm³/mol. The molecule has 1 aliphatic rings. The van der Waals surface area contributed by atoms with Crippen molar-refractivity contribution in [2.24, 2.45) is 0 Å². The number of amides is 1. The van der Waals surface area contributed by atoms with E-state index < -0.39 is 6.61 Å². The summed E-state index contributed by atoms with van der Waals surface area (Å²) in [5, 5.41) is 0. The van der Waals surface area contributed by atoms with E-state index in [9.17, 15) is 18.4 Å². The number of rotatable bonds is 5. The molecule has 7 heteroatoms. The zero-order chi connectivity index (χ0) is 18.0. The topological polar surface area (TPSA) is 59.8 Å². The number of nitrogens with zero attached hydrogens (tertiary/aromatic N) is 1. The molecule has 1 aliphatic carbocycles. The highest BCUT2D eigenvalue weighted by atomic mass is 19.3. The number of furan rings is 1. The Balaban J connectivity index is 1.71. The second-order valence-corrected chi connectivity index (χ2v) is 5.91. The Hall–Kier alpha value is -2.70. The molecule has 1 heterocycles. The summed E-state index contributed by atoms with van der Waals surface area (Å²) < 4.78 is 34.0. The molecule has 0 N–H and O–H groups in total. The first-order chi connectivity index (χ1) is 12.0. The van der Waals surface area contributed by atoms with Gasteiger partial charge in [-0.05, 0) is 24.1 Å². The summed E-state index contributed by atoms with van der Waals surface area (Å²) in [6, 6.07) is 6.06. The smallest absolute Gasteiger partial charge is 0.387 e. The Morgan fingerprint density at radius 2 is 2.00 bits per heavy atom. The lowest BCUT2D eigenvalue weighted by Crippen LogP contribution is -2.27. The number of ether oxygens (including phenoxy) is 1. The molecule has 0 radical (unpaired) electrons. The van der Waals surface area contributed by atoms with E-state index in [0.717, 1.165) is 12.0 Å². The molecule has 0 aliphatic heterocycles. The number of hydrogen-bond donors (Lipinski definition) is 0. The average Bonchev–Trinajstić information content (AvgIpc) is 3.01. The fraction of sp³-hybridized carbons (Fsp3) is 0.333. The number of carbonyl (C=O) groups excluding carboxylic acids is 2. The van der Waals surface area contributed by atoms with Gasteiger partial charge in [-0.1, -0.05) is 12.1 Å². The molecule has 3 rings (SSSR count). The molecule has 0 fully saturated rings. The SMILES string of the molecule is CN(Cc1ccc(OC(F)F)cc1)C(=O)c1coc2c1C(=O)CCC2. The van der Waals surface area contributed by atoms with Crippen molar-refractivity contribution in [2.45, 2.75) is 32.4 Å². The first-order valence-corrected chi connectivity index (χ1v) is 7.88. The number of fused-ring (bicyclic) bond motifs is 1. The van der Waals surface area contributed by atoms with Gasteiger partial charge in [-0.2, -0.15) is 8.78 Å². The van der Waals surface area contributed by atoms with Crippen LogP contribution in [0.5, 0.6) is 5.75 Å². The molecule has 2 aromatic rings. The largest absolute Gasteiger partial charge is 0.468 e. The van der Waals surface area contributed by atoms with E-state index >= 15 is 0 Å². The molecule has 0 unspecified atom stereocenters. The first kappa shape index (κ1) is 17.1. The van der Waals surface area contributed by atoms with E-state index in [1.165, 1.54) is 23.3 Å². The number of halogens is 2. The minimum atomic E-state index is -2.88. The lowest BCUT2D eigenvalue weighted by Gasteiger charge is -2.18. The minimum absolute atomic E-state index is 0.0576. The fourth-order valence-corrected chi connectivity index (χ4v) is 2.91. The van der Waals surface area contributed by atoms with Gasteiger partial charge < -0.3 is 14.1 Å². The third-order valence-corrected chi connectivity index (χ3v) is 4.10. The molecule has 5 nitrogen and oxygen atoms in total. The van der Waals surface area contributed by atoms with Gasteiger partial charge in [0.2, 0.25) is 0 Å². The molecule has 0 bridgehead atoms. The van der Waals surface area contributed by atoms with E-state index in [1.54, 1.807) is 19.2 Å². The van der Waals surface area contributed by atoms with E-state index in [0.29, 0.717) is 24.2 Å². The van der Waals surface area contributed by atoms with Crippen LogP contribution in [0, 0.1) is 0 Å². The van der Waals surface area contributed by atoms with Crippen LogP contribution >= 0.6 is 0 Å². The summed E-state index contributed by atoms with van der Waals surface area (Å²) >= 11 is 0. The van der Waals surface area contributed by atoms with Crippen molar-refractivity contribution in [1.29, 1.82) is 0 Å². The number of benzene rings is 1. The second kappa shape index (κ2) is 7.04. The van der Waals surface area contributed by atoms with E-state index in [1.807, 2.05) is 0 Å². The summed E-state index contributed by atoms with van der Waals surface area (Å²) in [4.78, 5) is 26.2. The van der Waals surface area contributed by atoms with Crippen molar-refractivity contribution in [2.75, 3.05) is 7.05 Å². The fourth-order valence-electron chi connectivity index (χ4n) is 2.91.